The van der Waals surface area contributed by atoms with Crippen LogP contribution in [0, 0.1) is 20.8 Å². The normalized spacial score (nSPS) is 11.6. The fourth-order valence-electron chi connectivity index (χ4n) is 2.30. The number of hydrogen-bond donors (Lipinski definition) is 2. The molecule has 2 aromatic rings. The van der Waals surface area contributed by atoms with Crippen LogP contribution in [-0.2, 0) is 16.6 Å². The molecule has 0 fully saturated rings. The monoisotopic (exact) mass is 324 g/mol. The summed E-state index contributed by atoms with van der Waals surface area (Å²) in [6, 6.07) is 7.42. The van der Waals surface area contributed by atoms with Crippen molar-refractivity contribution in [1.82, 2.24) is 5.32 Å². The highest BCUT2D eigenvalue weighted by Crippen LogP contribution is 2.27. The molecule has 0 amide bonds. The molecule has 2 N–H and O–H groups in total. The summed E-state index contributed by atoms with van der Waals surface area (Å²) in [6.07, 6.45) is 0. The van der Waals surface area contributed by atoms with E-state index in [0.29, 0.717) is 17.1 Å². The second-order valence-corrected chi connectivity index (χ2v) is 8.14. The molecule has 21 heavy (non-hydrogen) atoms. The second kappa shape index (κ2) is 6.17. The highest BCUT2D eigenvalue weighted by Gasteiger charge is 2.20. The van der Waals surface area contributed by atoms with Gasteiger partial charge < -0.3 is 5.32 Å². The Morgan fingerprint density at radius 1 is 1.05 bits per heavy atom. The Bertz CT molecular complexity index is 729. The minimum atomic E-state index is -3.54. The fourth-order valence-corrected chi connectivity index (χ4v) is 4.98. The van der Waals surface area contributed by atoms with Gasteiger partial charge in [-0.1, -0.05) is 6.07 Å². The minimum absolute atomic E-state index is 0.358. The summed E-state index contributed by atoms with van der Waals surface area (Å²) in [6.45, 7) is 6.40. The molecule has 0 unspecified atom stereocenters. The highest BCUT2D eigenvalue weighted by atomic mass is 32.2. The van der Waals surface area contributed by atoms with Gasteiger partial charge in [-0.2, -0.15) is 0 Å². The number of rotatable bonds is 5. The molecule has 0 aliphatic carbocycles. The topological polar surface area (TPSA) is 58.2 Å². The van der Waals surface area contributed by atoms with Crippen LogP contribution in [0.15, 0.2) is 29.2 Å². The molecule has 2 rings (SSSR count). The maximum Gasteiger partial charge on any atom is 0.263 e. The van der Waals surface area contributed by atoms with E-state index in [1.165, 1.54) is 11.3 Å². The van der Waals surface area contributed by atoms with Crippen LogP contribution < -0.4 is 10.0 Å². The molecule has 1 aromatic carbocycles. The lowest BCUT2D eigenvalue weighted by atomic mass is 10.1. The van der Waals surface area contributed by atoms with Gasteiger partial charge in [0.1, 0.15) is 4.90 Å². The number of sulfonamides is 1. The average Bonchev–Trinajstić information content (AvgIpc) is 2.69. The number of benzene rings is 1. The van der Waals surface area contributed by atoms with Gasteiger partial charge in [0.15, 0.2) is 0 Å². The third-order valence-electron chi connectivity index (χ3n) is 3.04. The zero-order chi connectivity index (χ0) is 15.6. The molecule has 1 aromatic heterocycles. The summed E-state index contributed by atoms with van der Waals surface area (Å²) >= 11 is 1.50. The summed E-state index contributed by atoms with van der Waals surface area (Å²) in [5.74, 6) is 0. The maximum absolute atomic E-state index is 12.5. The van der Waals surface area contributed by atoms with Crippen LogP contribution in [0.5, 0.6) is 0 Å². The van der Waals surface area contributed by atoms with Gasteiger partial charge in [0.2, 0.25) is 0 Å². The SMILES string of the molecule is CNCc1cc(S(=O)(=O)Nc2cc(C)cc(C)c2)c(C)s1. The zero-order valence-corrected chi connectivity index (χ0v) is 14.3. The van der Waals surface area contributed by atoms with Crippen molar-refractivity contribution >= 4 is 27.0 Å². The van der Waals surface area contributed by atoms with Crippen LogP contribution in [-0.4, -0.2) is 15.5 Å². The van der Waals surface area contributed by atoms with Crippen LogP contribution in [0.2, 0.25) is 0 Å². The molecule has 0 radical (unpaired) electrons. The molecule has 6 heteroatoms. The number of hydrogen-bond acceptors (Lipinski definition) is 4. The van der Waals surface area contributed by atoms with E-state index in [2.05, 4.69) is 10.0 Å². The molecule has 0 aliphatic heterocycles. The second-order valence-electron chi connectivity index (χ2n) is 5.15. The number of anilines is 1. The van der Waals surface area contributed by atoms with Crippen molar-refractivity contribution in [2.24, 2.45) is 0 Å². The standard InChI is InChI=1S/C15H20N2O2S2/c1-10-5-11(2)7-13(6-10)17-21(18,19)15-8-14(9-16-4)20-12(15)3/h5-8,16-17H,9H2,1-4H3. The first kappa shape index (κ1) is 16.0. The third kappa shape index (κ3) is 3.84. The highest BCUT2D eigenvalue weighted by molar-refractivity contribution is 7.93. The Morgan fingerprint density at radius 2 is 1.67 bits per heavy atom. The molecular weight excluding hydrogens is 304 g/mol. The van der Waals surface area contributed by atoms with Gasteiger partial charge in [-0.25, -0.2) is 8.42 Å². The van der Waals surface area contributed by atoms with Crippen LogP contribution in [0.1, 0.15) is 20.9 Å². The third-order valence-corrected chi connectivity index (χ3v) is 5.72. The summed E-state index contributed by atoms with van der Waals surface area (Å²) in [7, 11) is -1.70. The first-order valence-electron chi connectivity index (χ1n) is 6.67. The van der Waals surface area contributed by atoms with Gasteiger partial charge in [0, 0.05) is 22.0 Å². The van der Waals surface area contributed by atoms with Gasteiger partial charge in [-0.05, 0) is 57.1 Å². The predicted molar refractivity (Wildman–Crippen MR) is 88.5 cm³/mol. The lowest BCUT2D eigenvalue weighted by Crippen LogP contribution is -2.13. The van der Waals surface area contributed by atoms with Gasteiger partial charge in [-0.15, -0.1) is 11.3 Å². The number of aryl methyl sites for hydroxylation is 3. The Hall–Kier alpha value is -1.37. The fraction of sp³-hybridized carbons (Fsp3) is 0.333. The number of nitrogens with one attached hydrogen (secondary N) is 2. The lowest BCUT2D eigenvalue weighted by Gasteiger charge is -2.09. The molecule has 114 valence electrons. The molecule has 0 bridgehead atoms. The van der Waals surface area contributed by atoms with E-state index in [1.807, 2.05) is 46.0 Å². The van der Waals surface area contributed by atoms with E-state index < -0.39 is 10.0 Å². The molecule has 0 saturated heterocycles. The van der Waals surface area contributed by atoms with E-state index in [-0.39, 0.29) is 0 Å². The maximum atomic E-state index is 12.5. The molecule has 1 heterocycles. The van der Waals surface area contributed by atoms with Gasteiger partial charge in [0.05, 0.1) is 0 Å². The van der Waals surface area contributed by atoms with Crippen molar-refractivity contribution in [2.75, 3.05) is 11.8 Å². The Kier molecular flexibility index (Phi) is 4.70. The van der Waals surface area contributed by atoms with Crippen LogP contribution >= 0.6 is 11.3 Å². The quantitative estimate of drug-likeness (QED) is 0.888. The molecule has 0 saturated carbocycles. The van der Waals surface area contributed by atoms with E-state index in [9.17, 15) is 8.42 Å². The van der Waals surface area contributed by atoms with Gasteiger partial charge in [-0.3, -0.25) is 4.72 Å². The van der Waals surface area contributed by atoms with Crippen molar-refractivity contribution in [3.05, 3.63) is 45.1 Å². The van der Waals surface area contributed by atoms with E-state index >= 15 is 0 Å². The van der Waals surface area contributed by atoms with Crippen molar-refractivity contribution in [1.29, 1.82) is 0 Å². The Labute approximate surface area is 130 Å². The zero-order valence-electron chi connectivity index (χ0n) is 12.6. The first-order valence-corrected chi connectivity index (χ1v) is 8.97. The summed E-state index contributed by atoms with van der Waals surface area (Å²) < 4.78 is 27.7. The number of thiophene rings is 1. The van der Waals surface area contributed by atoms with Crippen LogP contribution in [0.3, 0.4) is 0 Å². The molecule has 0 aliphatic rings. The van der Waals surface area contributed by atoms with Gasteiger partial charge in [0.25, 0.3) is 10.0 Å². The van der Waals surface area contributed by atoms with Crippen molar-refractivity contribution in [3.8, 4) is 0 Å². The molecule has 0 spiro atoms. The molecule has 4 nitrogen and oxygen atoms in total. The van der Waals surface area contributed by atoms with Crippen molar-refractivity contribution in [3.63, 3.8) is 0 Å². The largest absolute Gasteiger partial charge is 0.315 e. The van der Waals surface area contributed by atoms with Crippen LogP contribution in [0.25, 0.3) is 0 Å². The Balaban J connectivity index is 2.33. The summed E-state index contributed by atoms with van der Waals surface area (Å²) in [4.78, 5) is 2.17. The Morgan fingerprint density at radius 3 is 2.24 bits per heavy atom. The molecular formula is C15H20N2O2S2. The van der Waals surface area contributed by atoms with Gasteiger partial charge >= 0.3 is 0 Å². The van der Waals surface area contributed by atoms with Crippen LogP contribution in [0.4, 0.5) is 5.69 Å². The lowest BCUT2D eigenvalue weighted by molar-refractivity contribution is 0.601. The predicted octanol–water partition coefficient (Wildman–Crippen LogP) is 3.19. The summed E-state index contributed by atoms with van der Waals surface area (Å²) in [5.41, 5.74) is 2.67. The smallest absolute Gasteiger partial charge is 0.263 e. The van der Waals surface area contributed by atoms with E-state index in [4.69, 9.17) is 0 Å². The first-order chi connectivity index (χ1) is 9.81. The van der Waals surface area contributed by atoms with Crippen molar-refractivity contribution in [2.45, 2.75) is 32.2 Å². The minimum Gasteiger partial charge on any atom is -0.315 e. The average molecular weight is 324 g/mol. The van der Waals surface area contributed by atoms with Crippen molar-refractivity contribution < 1.29 is 8.42 Å². The molecule has 0 atom stereocenters. The van der Waals surface area contributed by atoms with E-state index in [1.54, 1.807) is 6.07 Å². The summed E-state index contributed by atoms with van der Waals surface area (Å²) in [5, 5.41) is 3.04. The van der Waals surface area contributed by atoms with E-state index in [0.717, 1.165) is 20.9 Å².